The monoisotopic (exact) mass is 453 g/mol. The fourth-order valence-corrected chi connectivity index (χ4v) is 4.01. The van der Waals surface area contributed by atoms with Gasteiger partial charge in [-0.3, -0.25) is 14.5 Å². The molecule has 33 heavy (non-hydrogen) atoms. The first-order valence-corrected chi connectivity index (χ1v) is 11.1. The zero-order chi connectivity index (χ0) is 24.6. The normalized spacial score (nSPS) is 19.6. The van der Waals surface area contributed by atoms with E-state index in [0.717, 1.165) is 16.0 Å². The van der Waals surface area contributed by atoms with Crippen LogP contribution in [0.2, 0.25) is 0 Å². The van der Waals surface area contributed by atoms with E-state index in [1.165, 1.54) is 12.1 Å². The van der Waals surface area contributed by atoms with Crippen molar-refractivity contribution < 1.29 is 18.8 Å². The highest BCUT2D eigenvalue weighted by Crippen LogP contribution is 2.31. The molecule has 0 bridgehead atoms. The third-order valence-corrected chi connectivity index (χ3v) is 6.12. The number of halogens is 1. The van der Waals surface area contributed by atoms with Gasteiger partial charge in [-0.1, -0.05) is 71.0 Å². The highest BCUT2D eigenvalue weighted by Gasteiger charge is 2.49. The smallest absolute Gasteiger partial charge is 0.325 e. The SMILES string of the molecule is CC(C)C(NC(=O)CN1C(=O)NC(C)(c2ccc(C(C)(C)C)cc2)C1=O)c1ccc(F)cc1. The van der Waals surface area contributed by atoms with Crippen LogP contribution in [-0.4, -0.2) is 29.3 Å². The molecule has 1 saturated heterocycles. The second-order valence-electron chi connectivity index (χ2n) is 10.1. The van der Waals surface area contributed by atoms with Gasteiger partial charge in [-0.25, -0.2) is 9.18 Å². The minimum atomic E-state index is -1.25. The van der Waals surface area contributed by atoms with Crippen molar-refractivity contribution in [2.24, 2.45) is 5.92 Å². The lowest BCUT2D eigenvalue weighted by atomic mass is 9.84. The van der Waals surface area contributed by atoms with Crippen LogP contribution in [0.15, 0.2) is 48.5 Å². The van der Waals surface area contributed by atoms with Gasteiger partial charge in [0.25, 0.3) is 5.91 Å². The quantitative estimate of drug-likeness (QED) is 0.636. The molecule has 2 aromatic carbocycles. The first kappa shape index (κ1) is 24.4. The molecule has 7 heteroatoms. The van der Waals surface area contributed by atoms with Crippen molar-refractivity contribution in [3.05, 3.63) is 71.0 Å². The molecule has 1 aliphatic heterocycles. The van der Waals surface area contributed by atoms with Crippen LogP contribution in [-0.2, 0) is 20.5 Å². The Morgan fingerprint density at radius 3 is 2.15 bits per heavy atom. The Bertz CT molecular complexity index is 1040. The maximum atomic E-state index is 13.3. The van der Waals surface area contributed by atoms with Crippen LogP contribution in [0.25, 0.3) is 0 Å². The van der Waals surface area contributed by atoms with Crippen LogP contribution < -0.4 is 10.6 Å². The molecule has 1 aliphatic rings. The topological polar surface area (TPSA) is 78.5 Å². The van der Waals surface area contributed by atoms with E-state index in [-0.39, 0.29) is 23.2 Å². The molecule has 2 N–H and O–H groups in total. The van der Waals surface area contributed by atoms with Gasteiger partial charge in [-0.05, 0) is 47.1 Å². The molecule has 0 aliphatic carbocycles. The lowest BCUT2D eigenvalue weighted by Gasteiger charge is -2.25. The van der Waals surface area contributed by atoms with Gasteiger partial charge in [-0.2, -0.15) is 0 Å². The number of rotatable bonds is 6. The van der Waals surface area contributed by atoms with Gasteiger partial charge in [0, 0.05) is 0 Å². The molecule has 0 aromatic heterocycles. The number of amides is 4. The lowest BCUT2D eigenvalue weighted by molar-refractivity contribution is -0.135. The molecule has 2 unspecified atom stereocenters. The highest BCUT2D eigenvalue weighted by molar-refractivity contribution is 6.09. The predicted molar refractivity (Wildman–Crippen MR) is 125 cm³/mol. The molecule has 0 saturated carbocycles. The van der Waals surface area contributed by atoms with Crippen molar-refractivity contribution in [1.29, 1.82) is 0 Å². The molecule has 3 rings (SSSR count). The number of imide groups is 1. The Labute approximate surface area is 194 Å². The van der Waals surface area contributed by atoms with E-state index in [2.05, 4.69) is 31.4 Å². The predicted octanol–water partition coefficient (Wildman–Crippen LogP) is 4.40. The van der Waals surface area contributed by atoms with Gasteiger partial charge in [0.05, 0.1) is 6.04 Å². The van der Waals surface area contributed by atoms with Gasteiger partial charge < -0.3 is 10.6 Å². The summed E-state index contributed by atoms with van der Waals surface area (Å²) >= 11 is 0. The van der Waals surface area contributed by atoms with Crippen molar-refractivity contribution in [3.63, 3.8) is 0 Å². The van der Waals surface area contributed by atoms with Crippen molar-refractivity contribution in [3.8, 4) is 0 Å². The third-order valence-electron chi connectivity index (χ3n) is 6.12. The van der Waals surface area contributed by atoms with Crippen LogP contribution in [0, 0.1) is 11.7 Å². The number of nitrogens with zero attached hydrogens (tertiary/aromatic N) is 1. The van der Waals surface area contributed by atoms with E-state index >= 15 is 0 Å². The highest BCUT2D eigenvalue weighted by atomic mass is 19.1. The summed E-state index contributed by atoms with van der Waals surface area (Å²) in [5.41, 5.74) is 1.24. The number of hydrogen-bond donors (Lipinski definition) is 2. The molecule has 0 spiro atoms. The van der Waals surface area contributed by atoms with Crippen molar-refractivity contribution in [2.45, 2.75) is 58.5 Å². The van der Waals surface area contributed by atoms with Crippen LogP contribution >= 0.6 is 0 Å². The van der Waals surface area contributed by atoms with Crippen molar-refractivity contribution >= 4 is 17.8 Å². The molecule has 0 radical (unpaired) electrons. The summed E-state index contributed by atoms with van der Waals surface area (Å²) in [5.74, 6) is -1.28. The van der Waals surface area contributed by atoms with Gasteiger partial charge in [0.2, 0.25) is 5.91 Å². The molecule has 1 fully saturated rings. The molecular weight excluding hydrogens is 421 g/mol. The average molecular weight is 454 g/mol. The maximum Gasteiger partial charge on any atom is 0.325 e. The summed E-state index contributed by atoms with van der Waals surface area (Å²) in [6.45, 7) is 11.4. The van der Waals surface area contributed by atoms with Gasteiger partial charge in [-0.15, -0.1) is 0 Å². The molecule has 2 aromatic rings. The lowest BCUT2D eigenvalue weighted by Crippen LogP contribution is -2.44. The second-order valence-corrected chi connectivity index (χ2v) is 10.1. The third kappa shape index (κ3) is 5.07. The number of urea groups is 1. The fourth-order valence-electron chi connectivity index (χ4n) is 4.01. The summed E-state index contributed by atoms with van der Waals surface area (Å²) in [6, 6.07) is 12.5. The first-order valence-electron chi connectivity index (χ1n) is 11.1. The van der Waals surface area contributed by atoms with Crippen LogP contribution in [0.4, 0.5) is 9.18 Å². The zero-order valence-electron chi connectivity index (χ0n) is 20.0. The number of nitrogens with one attached hydrogen (secondary N) is 2. The molecule has 176 valence electrons. The Kier molecular flexibility index (Phi) is 6.63. The van der Waals surface area contributed by atoms with E-state index in [0.29, 0.717) is 5.56 Å². The molecule has 2 atom stereocenters. The molecular formula is C26H32FN3O3. The van der Waals surface area contributed by atoms with Crippen LogP contribution in [0.1, 0.15) is 64.3 Å². The Morgan fingerprint density at radius 2 is 1.64 bits per heavy atom. The van der Waals surface area contributed by atoms with E-state index in [9.17, 15) is 18.8 Å². The van der Waals surface area contributed by atoms with Crippen LogP contribution in [0.5, 0.6) is 0 Å². The summed E-state index contributed by atoms with van der Waals surface area (Å²) in [6.07, 6.45) is 0. The van der Waals surface area contributed by atoms with Crippen LogP contribution in [0.3, 0.4) is 0 Å². The van der Waals surface area contributed by atoms with Gasteiger partial charge >= 0.3 is 6.03 Å². The molecule has 4 amide bonds. The largest absolute Gasteiger partial charge is 0.347 e. The second kappa shape index (κ2) is 8.96. The summed E-state index contributed by atoms with van der Waals surface area (Å²) < 4.78 is 13.3. The van der Waals surface area contributed by atoms with Gasteiger partial charge in [0.1, 0.15) is 17.9 Å². The summed E-state index contributed by atoms with van der Waals surface area (Å²) in [5, 5.41) is 5.62. The minimum Gasteiger partial charge on any atom is -0.347 e. The number of hydrogen-bond acceptors (Lipinski definition) is 3. The molecule has 1 heterocycles. The maximum absolute atomic E-state index is 13.3. The van der Waals surface area contributed by atoms with Crippen molar-refractivity contribution in [1.82, 2.24) is 15.5 Å². The number of carbonyl (C=O) groups excluding carboxylic acids is 3. The van der Waals surface area contributed by atoms with Gasteiger partial charge in [0.15, 0.2) is 0 Å². The number of carbonyl (C=O) groups is 3. The van der Waals surface area contributed by atoms with Crippen molar-refractivity contribution in [2.75, 3.05) is 6.54 Å². The van der Waals surface area contributed by atoms with E-state index in [1.54, 1.807) is 19.1 Å². The van der Waals surface area contributed by atoms with E-state index < -0.39 is 29.9 Å². The van der Waals surface area contributed by atoms with E-state index in [1.807, 2.05) is 38.1 Å². The standard InChI is InChI=1S/C26H32FN3O3/c1-16(2)22(17-7-13-20(27)14-8-17)28-21(31)15-30-23(32)26(6,29-24(30)33)19-11-9-18(10-12-19)25(3,4)5/h7-14,16,22H,15H2,1-6H3,(H,28,31)(H,29,33). The van der Waals surface area contributed by atoms with E-state index in [4.69, 9.17) is 0 Å². The Balaban J connectivity index is 1.75. The summed E-state index contributed by atoms with van der Waals surface area (Å²) in [4.78, 5) is 39.6. The Morgan fingerprint density at radius 1 is 1.06 bits per heavy atom. The first-order chi connectivity index (χ1) is 15.3. The average Bonchev–Trinajstić information content (AvgIpc) is 2.96. The summed E-state index contributed by atoms with van der Waals surface area (Å²) in [7, 11) is 0. The number of benzene rings is 2. The minimum absolute atomic E-state index is 0.0223. The fraction of sp³-hybridized carbons (Fsp3) is 0.423. The molecule has 6 nitrogen and oxygen atoms in total. The zero-order valence-corrected chi connectivity index (χ0v) is 20.0. The Hall–Kier alpha value is -3.22.